The fraction of sp³-hybridized carbons (Fsp3) is 0.100. The van der Waals surface area contributed by atoms with E-state index in [0.29, 0.717) is 51.5 Å². The fourth-order valence-corrected chi connectivity index (χ4v) is 3.26. The standard InChI is InChI=1S/C20H18Cl2N8O/c21-12-3-1-5-14(9-12)27-17-16-18(29-30-19(16)26-11-25-17)23-7-8-24-20(31)28-15-6-2-4-13(22)10-15/h1-6,9-11H,7-8H2,(H2,24,28,31)(H3,23,25,26,27,29,30). The minimum atomic E-state index is -0.331. The molecule has 0 saturated carbocycles. The van der Waals surface area contributed by atoms with E-state index in [2.05, 4.69) is 41.4 Å². The maximum Gasteiger partial charge on any atom is 0.319 e. The van der Waals surface area contributed by atoms with E-state index in [1.807, 2.05) is 12.1 Å². The van der Waals surface area contributed by atoms with Gasteiger partial charge in [-0.15, -0.1) is 0 Å². The number of rotatable bonds is 7. The Morgan fingerprint density at radius 2 is 1.68 bits per heavy atom. The molecule has 0 unspecified atom stereocenters. The second kappa shape index (κ2) is 9.50. The lowest BCUT2D eigenvalue weighted by Crippen LogP contribution is -2.32. The average Bonchev–Trinajstić information content (AvgIpc) is 3.15. The van der Waals surface area contributed by atoms with Crippen molar-refractivity contribution in [1.82, 2.24) is 25.5 Å². The van der Waals surface area contributed by atoms with Crippen molar-refractivity contribution in [3.05, 3.63) is 64.9 Å². The summed E-state index contributed by atoms with van der Waals surface area (Å²) in [6.07, 6.45) is 1.44. The second-order valence-corrected chi connectivity index (χ2v) is 7.34. The van der Waals surface area contributed by atoms with Crippen molar-refractivity contribution in [2.45, 2.75) is 0 Å². The monoisotopic (exact) mass is 456 g/mol. The first kappa shape index (κ1) is 20.7. The van der Waals surface area contributed by atoms with E-state index in [4.69, 9.17) is 23.2 Å². The summed E-state index contributed by atoms with van der Waals surface area (Å²) in [6.45, 7) is 0.805. The van der Waals surface area contributed by atoms with Gasteiger partial charge in [0.2, 0.25) is 0 Å². The van der Waals surface area contributed by atoms with Gasteiger partial charge in [-0.05, 0) is 36.4 Å². The summed E-state index contributed by atoms with van der Waals surface area (Å²) in [5.41, 5.74) is 1.98. The summed E-state index contributed by atoms with van der Waals surface area (Å²) in [5, 5.41) is 20.9. The molecule has 4 rings (SSSR count). The van der Waals surface area contributed by atoms with Crippen molar-refractivity contribution >= 4 is 63.3 Å². The summed E-state index contributed by atoms with van der Waals surface area (Å²) in [5.74, 6) is 1.15. The summed E-state index contributed by atoms with van der Waals surface area (Å²) >= 11 is 12.0. The number of hydrogen-bond donors (Lipinski definition) is 5. The van der Waals surface area contributed by atoms with Crippen molar-refractivity contribution in [2.75, 3.05) is 29.0 Å². The predicted molar refractivity (Wildman–Crippen MR) is 123 cm³/mol. The van der Waals surface area contributed by atoms with Crippen LogP contribution in [-0.4, -0.2) is 39.3 Å². The molecular weight excluding hydrogens is 439 g/mol. The third-order valence-electron chi connectivity index (χ3n) is 4.23. The number of carbonyl (C=O) groups is 1. The van der Waals surface area contributed by atoms with Crippen molar-refractivity contribution < 1.29 is 4.79 Å². The number of anilines is 4. The third-order valence-corrected chi connectivity index (χ3v) is 4.70. The number of aromatic amines is 1. The molecule has 158 valence electrons. The zero-order valence-electron chi connectivity index (χ0n) is 16.1. The summed E-state index contributed by atoms with van der Waals surface area (Å²) in [7, 11) is 0. The first-order valence-electron chi connectivity index (χ1n) is 9.34. The number of nitrogens with zero attached hydrogens (tertiary/aromatic N) is 3. The molecule has 2 aromatic heterocycles. The molecule has 0 spiro atoms. The van der Waals surface area contributed by atoms with Crippen LogP contribution in [0.15, 0.2) is 54.9 Å². The van der Waals surface area contributed by atoms with Gasteiger partial charge in [0.15, 0.2) is 11.5 Å². The average molecular weight is 457 g/mol. The molecule has 31 heavy (non-hydrogen) atoms. The Bertz CT molecular complexity index is 1210. The molecule has 11 heteroatoms. The van der Waals surface area contributed by atoms with Crippen LogP contribution in [-0.2, 0) is 0 Å². The van der Waals surface area contributed by atoms with Crippen molar-refractivity contribution in [3.8, 4) is 0 Å². The Labute approximate surface area is 187 Å². The number of halogens is 2. The summed E-state index contributed by atoms with van der Waals surface area (Å²) < 4.78 is 0. The molecule has 0 radical (unpaired) electrons. The van der Waals surface area contributed by atoms with Gasteiger partial charge in [-0.25, -0.2) is 14.8 Å². The van der Waals surface area contributed by atoms with Crippen LogP contribution in [0.2, 0.25) is 10.0 Å². The first-order valence-corrected chi connectivity index (χ1v) is 10.1. The molecule has 5 N–H and O–H groups in total. The topological polar surface area (TPSA) is 120 Å². The van der Waals surface area contributed by atoms with Gasteiger partial charge in [0.05, 0.1) is 0 Å². The first-order chi connectivity index (χ1) is 15.1. The van der Waals surface area contributed by atoms with Crippen LogP contribution in [0.3, 0.4) is 0 Å². The normalized spacial score (nSPS) is 10.6. The zero-order valence-corrected chi connectivity index (χ0v) is 17.6. The minimum absolute atomic E-state index is 0.331. The van der Waals surface area contributed by atoms with Crippen molar-refractivity contribution in [2.24, 2.45) is 0 Å². The molecule has 2 amide bonds. The number of H-pyrrole nitrogens is 1. The third kappa shape index (κ3) is 5.33. The van der Waals surface area contributed by atoms with Gasteiger partial charge >= 0.3 is 6.03 Å². The Morgan fingerprint density at radius 1 is 0.935 bits per heavy atom. The highest BCUT2D eigenvalue weighted by atomic mass is 35.5. The van der Waals surface area contributed by atoms with Crippen LogP contribution in [0.25, 0.3) is 11.0 Å². The molecule has 4 aromatic rings. The maximum atomic E-state index is 12.0. The van der Waals surface area contributed by atoms with Crippen LogP contribution in [0.1, 0.15) is 0 Å². The highest BCUT2D eigenvalue weighted by Gasteiger charge is 2.13. The van der Waals surface area contributed by atoms with Gasteiger partial charge in [-0.3, -0.25) is 5.10 Å². The molecule has 9 nitrogen and oxygen atoms in total. The van der Waals surface area contributed by atoms with Gasteiger partial charge in [0, 0.05) is 34.5 Å². The quantitative estimate of drug-likeness (QED) is 0.258. The highest BCUT2D eigenvalue weighted by Crippen LogP contribution is 2.28. The van der Waals surface area contributed by atoms with Gasteiger partial charge in [0.1, 0.15) is 17.5 Å². The van der Waals surface area contributed by atoms with E-state index in [9.17, 15) is 4.79 Å². The molecule has 0 atom stereocenters. The molecule has 0 aliphatic heterocycles. The number of urea groups is 1. The van der Waals surface area contributed by atoms with E-state index in [1.165, 1.54) is 6.33 Å². The summed E-state index contributed by atoms with van der Waals surface area (Å²) in [4.78, 5) is 20.6. The molecule has 0 fully saturated rings. The number of amides is 2. The van der Waals surface area contributed by atoms with Gasteiger partial charge in [-0.1, -0.05) is 35.3 Å². The fourth-order valence-electron chi connectivity index (χ4n) is 2.88. The van der Waals surface area contributed by atoms with Crippen LogP contribution in [0, 0.1) is 0 Å². The Balaban J connectivity index is 1.37. The number of fused-ring (bicyclic) bond motifs is 1. The predicted octanol–water partition coefficient (Wildman–Crippen LogP) is 4.64. The number of carbonyl (C=O) groups excluding carboxylic acids is 1. The maximum absolute atomic E-state index is 12.0. The van der Waals surface area contributed by atoms with Crippen LogP contribution in [0.5, 0.6) is 0 Å². The SMILES string of the molecule is O=C(NCCNc1n[nH]c2ncnc(Nc3cccc(Cl)c3)c12)Nc1cccc(Cl)c1. The largest absolute Gasteiger partial charge is 0.366 e. The number of hydrogen-bond acceptors (Lipinski definition) is 6. The lowest BCUT2D eigenvalue weighted by Gasteiger charge is -2.10. The Hall–Kier alpha value is -3.56. The van der Waals surface area contributed by atoms with Gasteiger partial charge < -0.3 is 21.3 Å². The lowest BCUT2D eigenvalue weighted by molar-refractivity contribution is 0.252. The van der Waals surface area contributed by atoms with Gasteiger partial charge in [0.25, 0.3) is 0 Å². The van der Waals surface area contributed by atoms with Crippen LogP contribution < -0.4 is 21.3 Å². The van der Waals surface area contributed by atoms with E-state index < -0.39 is 0 Å². The molecule has 2 aromatic carbocycles. The minimum Gasteiger partial charge on any atom is -0.366 e. The van der Waals surface area contributed by atoms with E-state index in [1.54, 1.807) is 36.4 Å². The Morgan fingerprint density at radius 3 is 2.45 bits per heavy atom. The van der Waals surface area contributed by atoms with E-state index in [0.717, 1.165) is 5.69 Å². The number of benzene rings is 2. The number of nitrogens with one attached hydrogen (secondary N) is 5. The van der Waals surface area contributed by atoms with Crippen molar-refractivity contribution in [1.29, 1.82) is 0 Å². The van der Waals surface area contributed by atoms with Crippen molar-refractivity contribution in [3.63, 3.8) is 0 Å². The summed E-state index contributed by atoms with van der Waals surface area (Å²) in [6, 6.07) is 13.9. The molecule has 0 aliphatic rings. The second-order valence-electron chi connectivity index (χ2n) is 6.47. The van der Waals surface area contributed by atoms with E-state index >= 15 is 0 Å². The number of aromatic nitrogens is 4. The zero-order chi connectivity index (χ0) is 21.6. The Kier molecular flexibility index (Phi) is 6.34. The molecule has 0 aliphatic carbocycles. The smallest absolute Gasteiger partial charge is 0.319 e. The van der Waals surface area contributed by atoms with Gasteiger partial charge in [-0.2, -0.15) is 5.10 Å². The molecule has 0 bridgehead atoms. The highest BCUT2D eigenvalue weighted by molar-refractivity contribution is 6.31. The van der Waals surface area contributed by atoms with Crippen LogP contribution in [0.4, 0.5) is 27.8 Å². The molecule has 0 saturated heterocycles. The lowest BCUT2D eigenvalue weighted by atomic mass is 10.3. The molecular formula is C20H18Cl2N8O. The molecule has 2 heterocycles. The van der Waals surface area contributed by atoms with E-state index in [-0.39, 0.29) is 6.03 Å². The van der Waals surface area contributed by atoms with Crippen LogP contribution >= 0.6 is 23.2 Å².